The third-order valence-electron chi connectivity index (χ3n) is 2.45. The molecule has 0 spiro atoms. The van der Waals surface area contributed by atoms with Gasteiger partial charge >= 0.3 is 6.03 Å². The summed E-state index contributed by atoms with van der Waals surface area (Å²) in [5.74, 6) is 0. The Morgan fingerprint density at radius 3 is 2.37 bits per heavy atom. The predicted molar refractivity (Wildman–Crippen MR) is 78.6 cm³/mol. The Kier molecular flexibility index (Phi) is 6.49. The molecule has 19 heavy (non-hydrogen) atoms. The van der Waals surface area contributed by atoms with Crippen LogP contribution in [0.15, 0.2) is 18.5 Å². The fourth-order valence-electron chi connectivity index (χ4n) is 1.44. The lowest BCUT2D eigenvalue weighted by Crippen LogP contribution is -2.37. The highest BCUT2D eigenvalue weighted by molar-refractivity contribution is 5.73. The van der Waals surface area contributed by atoms with Crippen LogP contribution >= 0.6 is 0 Å². The minimum atomic E-state index is -0.0849. The molecule has 0 aliphatic rings. The SMILES string of the molecule is CCCNc1cncc(NCCNC(=O)N(C)C)c1. The number of carbonyl (C=O) groups is 1. The molecule has 0 saturated heterocycles. The number of urea groups is 1. The zero-order valence-corrected chi connectivity index (χ0v) is 11.9. The van der Waals surface area contributed by atoms with Crippen LogP contribution in [0.2, 0.25) is 0 Å². The molecular formula is C13H23N5O. The number of anilines is 2. The first-order valence-electron chi connectivity index (χ1n) is 6.51. The van der Waals surface area contributed by atoms with Crippen LogP contribution in [-0.2, 0) is 0 Å². The van der Waals surface area contributed by atoms with Crippen LogP contribution < -0.4 is 16.0 Å². The molecule has 0 aromatic carbocycles. The molecule has 0 aliphatic heterocycles. The van der Waals surface area contributed by atoms with Crippen LogP contribution in [0.3, 0.4) is 0 Å². The second-order valence-corrected chi connectivity index (χ2v) is 4.44. The molecule has 0 unspecified atom stereocenters. The van der Waals surface area contributed by atoms with Gasteiger partial charge in [0.15, 0.2) is 0 Å². The summed E-state index contributed by atoms with van der Waals surface area (Å²) >= 11 is 0. The van der Waals surface area contributed by atoms with Crippen molar-refractivity contribution in [3.63, 3.8) is 0 Å². The number of hydrogen-bond donors (Lipinski definition) is 3. The van der Waals surface area contributed by atoms with Crippen molar-refractivity contribution in [3.8, 4) is 0 Å². The first-order chi connectivity index (χ1) is 9.13. The van der Waals surface area contributed by atoms with Gasteiger partial charge in [-0.15, -0.1) is 0 Å². The van der Waals surface area contributed by atoms with Crippen LogP contribution in [0, 0.1) is 0 Å². The first-order valence-corrected chi connectivity index (χ1v) is 6.51. The molecule has 1 rings (SSSR count). The lowest BCUT2D eigenvalue weighted by atomic mass is 10.3. The van der Waals surface area contributed by atoms with Gasteiger partial charge in [-0.25, -0.2) is 4.79 Å². The summed E-state index contributed by atoms with van der Waals surface area (Å²) in [4.78, 5) is 17.0. The van der Waals surface area contributed by atoms with Gasteiger partial charge in [-0.2, -0.15) is 0 Å². The van der Waals surface area contributed by atoms with Gasteiger partial charge in [-0.3, -0.25) is 4.98 Å². The molecule has 0 aliphatic carbocycles. The molecule has 1 aromatic rings. The summed E-state index contributed by atoms with van der Waals surface area (Å²) in [6, 6.07) is 1.93. The van der Waals surface area contributed by atoms with Gasteiger partial charge < -0.3 is 20.9 Å². The summed E-state index contributed by atoms with van der Waals surface area (Å²) < 4.78 is 0. The molecule has 0 atom stereocenters. The van der Waals surface area contributed by atoms with Gasteiger partial charge in [0.25, 0.3) is 0 Å². The second-order valence-electron chi connectivity index (χ2n) is 4.44. The van der Waals surface area contributed by atoms with Gasteiger partial charge in [-0.1, -0.05) is 6.92 Å². The molecule has 0 saturated carbocycles. The zero-order chi connectivity index (χ0) is 14.1. The largest absolute Gasteiger partial charge is 0.384 e. The summed E-state index contributed by atoms with van der Waals surface area (Å²) in [6.07, 6.45) is 4.65. The number of amides is 2. The summed E-state index contributed by atoms with van der Waals surface area (Å²) in [5.41, 5.74) is 1.95. The van der Waals surface area contributed by atoms with Crippen molar-refractivity contribution in [3.05, 3.63) is 18.5 Å². The van der Waals surface area contributed by atoms with Gasteiger partial charge in [0.1, 0.15) is 0 Å². The summed E-state index contributed by atoms with van der Waals surface area (Å²) in [7, 11) is 3.44. The quantitative estimate of drug-likeness (QED) is 0.655. The van der Waals surface area contributed by atoms with Crippen LogP contribution in [0.4, 0.5) is 16.2 Å². The highest BCUT2D eigenvalue weighted by atomic mass is 16.2. The van der Waals surface area contributed by atoms with Gasteiger partial charge in [0, 0.05) is 33.7 Å². The average Bonchev–Trinajstić information content (AvgIpc) is 2.41. The van der Waals surface area contributed by atoms with Crippen molar-refractivity contribution in [1.82, 2.24) is 15.2 Å². The Bertz CT molecular complexity index is 394. The van der Waals surface area contributed by atoms with Crippen molar-refractivity contribution in [2.45, 2.75) is 13.3 Å². The first kappa shape index (κ1) is 15.1. The third kappa shape index (κ3) is 5.94. The van der Waals surface area contributed by atoms with E-state index in [0.717, 1.165) is 24.3 Å². The Hall–Kier alpha value is -1.98. The van der Waals surface area contributed by atoms with Crippen LogP contribution in [-0.4, -0.2) is 49.6 Å². The van der Waals surface area contributed by atoms with E-state index in [9.17, 15) is 4.79 Å². The van der Waals surface area contributed by atoms with Crippen LogP contribution in [0.1, 0.15) is 13.3 Å². The van der Waals surface area contributed by atoms with Crippen LogP contribution in [0.5, 0.6) is 0 Å². The molecule has 0 radical (unpaired) electrons. The Morgan fingerprint density at radius 1 is 1.16 bits per heavy atom. The van der Waals surface area contributed by atoms with Crippen molar-refractivity contribution in [1.29, 1.82) is 0 Å². The fraction of sp³-hybridized carbons (Fsp3) is 0.538. The molecule has 0 fully saturated rings. The van der Waals surface area contributed by atoms with Crippen molar-refractivity contribution >= 4 is 17.4 Å². The topological polar surface area (TPSA) is 69.3 Å². The average molecular weight is 265 g/mol. The van der Waals surface area contributed by atoms with Gasteiger partial charge in [0.05, 0.1) is 23.8 Å². The van der Waals surface area contributed by atoms with E-state index in [1.54, 1.807) is 26.5 Å². The maximum absolute atomic E-state index is 11.3. The summed E-state index contributed by atoms with van der Waals surface area (Å²) in [6.45, 7) is 4.29. The molecule has 1 aromatic heterocycles. The smallest absolute Gasteiger partial charge is 0.316 e. The third-order valence-corrected chi connectivity index (χ3v) is 2.45. The van der Waals surface area contributed by atoms with E-state index in [1.807, 2.05) is 6.07 Å². The van der Waals surface area contributed by atoms with E-state index >= 15 is 0 Å². The van der Waals surface area contributed by atoms with Gasteiger partial charge in [0.2, 0.25) is 0 Å². The number of hydrogen-bond acceptors (Lipinski definition) is 4. The molecule has 2 amide bonds. The minimum Gasteiger partial charge on any atom is -0.384 e. The Morgan fingerprint density at radius 2 is 1.79 bits per heavy atom. The number of aromatic nitrogens is 1. The molecule has 0 bridgehead atoms. The molecule has 106 valence electrons. The highest BCUT2D eigenvalue weighted by Gasteiger charge is 2.01. The molecular weight excluding hydrogens is 242 g/mol. The maximum Gasteiger partial charge on any atom is 0.316 e. The lowest BCUT2D eigenvalue weighted by Gasteiger charge is -2.13. The highest BCUT2D eigenvalue weighted by Crippen LogP contribution is 2.12. The predicted octanol–water partition coefficient (Wildman–Crippen LogP) is 1.59. The normalized spacial score (nSPS) is 9.84. The van der Waals surface area contributed by atoms with E-state index in [1.165, 1.54) is 4.90 Å². The maximum atomic E-state index is 11.3. The minimum absolute atomic E-state index is 0.0849. The lowest BCUT2D eigenvalue weighted by molar-refractivity contribution is 0.218. The molecule has 3 N–H and O–H groups in total. The number of carbonyl (C=O) groups excluding carboxylic acids is 1. The standard InChI is InChI=1S/C13H23N5O/c1-4-5-15-11-8-12(10-14-9-11)16-6-7-17-13(19)18(2)3/h8-10,15-16H,4-7H2,1-3H3,(H,17,19). The molecule has 1 heterocycles. The summed E-state index contributed by atoms with van der Waals surface area (Å²) in [5, 5.41) is 9.29. The number of nitrogens with zero attached hydrogens (tertiary/aromatic N) is 2. The van der Waals surface area contributed by atoms with E-state index in [2.05, 4.69) is 27.9 Å². The zero-order valence-electron chi connectivity index (χ0n) is 11.9. The van der Waals surface area contributed by atoms with Crippen molar-refractivity contribution < 1.29 is 4.79 Å². The van der Waals surface area contributed by atoms with Gasteiger partial charge in [-0.05, 0) is 12.5 Å². The fourth-order valence-corrected chi connectivity index (χ4v) is 1.44. The Balaban J connectivity index is 2.31. The number of pyridine rings is 1. The monoisotopic (exact) mass is 265 g/mol. The van der Waals surface area contributed by atoms with E-state index < -0.39 is 0 Å². The molecule has 6 nitrogen and oxygen atoms in total. The Labute approximate surface area is 114 Å². The van der Waals surface area contributed by atoms with E-state index in [4.69, 9.17) is 0 Å². The molecule has 6 heteroatoms. The number of rotatable bonds is 7. The van der Waals surface area contributed by atoms with Crippen molar-refractivity contribution in [2.75, 3.05) is 44.4 Å². The van der Waals surface area contributed by atoms with Crippen molar-refractivity contribution in [2.24, 2.45) is 0 Å². The van der Waals surface area contributed by atoms with Crippen LogP contribution in [0.25, 0.3) is 0 Å². The second kappa shape index (κ2) is 8.18. The van der Waals surface area contributed by atoms with E-state index in [0.29, 0.717) is 13.1 Å². The van der Waals surface area contributed by atoms with E-state index in [-0.39, 0.29) is 6.03 Å². The number of nitrogens with one attached hydrogen (secondary N) is 3.